The molecule has 0 spiro atoms. The molecule has 0 saturated heterocycles. The molecule has 18 heavy (non-hydrogen) atoms. The van der Waals surface area contributed by atoms with Gasteiger partial charge in [-0.15, -0.1) is 0 Å². The quantitative estimate of drug-likeness (QED) is 0.751. The number of aromatic nitrogens is 3. The van der Waals surface area contributed by atoms with E-state index in [0.29, 0.717) is 11.5 Å². The van der Waals surface area contributed by atoms with Gasteiger partial charge in [0.05, 0.1) is 11.4 Å². The summed E-state index contributed by atoms with van der Waals surface area (Å²) in [6, 6.07) is 5.97. The van der Waals surface area contributed by atoms with Crippen LogP contribution in [0.25, 0.3) is 0 Å². The molecular weight excluding hydrogens is 254 g/mol. The van der Waals surface area contributed by atoms with Crippen LogP contribution in [0.2, 0.25) is 0 Å². The largest absolute Gasteiger partial charge is 0.399 e. The van der Waals surface area contributed by atoms with E-state index in [1.165, 1.54) is 35.3 Å². The SMILES string of the molecule is Cn1cnc(CNS(=O)(=O)c2ccc(N)cc2)n1. The van der Waals surface area contributed by atoms with Gasteiger partial charge in [0.25, 0.3) is 0 Å². The number of nitrogens with zero attached hydrogens (tertiary/aromatic N) is 3. The van der Waals surface area contributed by atoms with Crippen molar-refractivity contribution in [3.8, 4) is 0 Å². The lowest BCUT2D eigenvalue weighted by molar-refractivity contribution is 0.578. The smallest absolute Gasteiger partial charge is 0.240 e. The molecule has 0 bridgehead atoms. The highest BCUT2D eigenvalue weighted by molar-refractivity contribution is 7.89. The molecule has 0 unspecified atom stereocenters. The monoisotopic (exact) mass is 267 g/mol. The van der Waals surface area contributed by atoms with E-state index >= 15 is 0 Å². The van der Waals surface area contributed by atoms with Crippen LogP contribution >= 0.6 is 0 Å². The standard InChI is InChI=1S/C10H13N5O2S/c1-15-7-12-10(14-15)6-13-18(16,17)9-4-2-8(11)3-5-9/h2-5,7,13H,6,11H2,1H3. The fourth-order valence-corrected chi connectivity index (χ4v) is 2.33. The summed E-state index contributed by atoms with van der Waals surface area (Å²) < 4.78 is 27.7. The summed E-state index contributed by atoms with van der Waals surface area (Å²) in [7, 11) is -1.85. The Bertz CT molecular complexity index is 633. The number of hydrogen-bond acceptors (Lipinski definition) is 5. The second-order valence-corrected chi connectivity index (χ2v) is 5.50. The number of aryl methyl sites for hydroxylation is 1. The minimum atomic E-state index is -3.56. The Morgan fingerprint density at radius 3 is 2.56 bits per heavy atom. The van der Waals surface area contributed by atoms with E-state index in [4.69, 9.17) is 5.73 Å². The number of nitrogens with two attached hydrogens (primary N) is 1. The molecule has 2 rings (SSSR count). The third kappa shape index (κ3) is 2.84. The third-order valence-corrected chi connectivity index (χ3v) is 3.67. The first-order valence-corrected chi connectivity index (χ1v) is 6.65. The van der Waals surface area contributed by atoms with Crippen molar-refractivity contribution >= 4 is 15.7 Å². The van der Waals surface area contributed by atoms with Crippen molar-refractivity contribution in [3.63, 3.8) is 0 Å². The molecule has 1 aromatic heterocycles. The molecule has 3 N–H and O–H groups in total. The highest BCUT2D eigenvalue weighted by Gasteiger charge is 2.14. The molecule has 0 aliphatic rings. The minimum Gasteiger partial charge on any atom is -0.399 e. The van der Waals surface area contributed by atoms with Gasteiger partial charge in [0.2, 0.25) is 10.0 Å². The van der Waals surface area contributed by atoms with Crippen molar-refractivity contribution in [2.24, 2.45) is 7.05 Å². The normalized spacial score (nSPS) is 11.6. The molecule has 0 saturated carbocycles. The number of nitrogen functional groups attached to an aromatic ring is 1. The van der Waals surface area contributed by atoms with Crippen LogP contribution in [0.15, 0.2) is 35.5 Å². The molecule has 0 radical (unpaired) electrons. The first-order valence-electron chi connectivity index (χ1n) is 5.17. The minimum absolute atomic E-state index is 0.0492. The predicted molar refractivity (Wildman–Crippen MR) is 65.9 cm³/mol. The van der Waals surface area contributed by atoms with Gasteiger partial charge in [-0.05, 0) is 24.3 Å². The summed E-state index contributed by atoms with van der Waals surface area (Å²) in [6.45, 7) is 0.0492. The van der Waals surface area contributed by atoms with Crippen molar-refractivity contribution in [1.82, 2.24) is 19.5 Å². The van der Waals surface area contributed by atoms with E-state index in [9.17, 15) is 8.42 Å². The van der Waals surface area contributed by atoms with Gasteiger partial charge in [0.1, 0.15) is 6.33 Å². The van der Waals surface area contributed by atoms with Crippen molar-refractivity contribution < 1.29 is 8.42 Å². The van der Waals surface area contributed by atoms with Crippen LogP contribution in [0, 0.1) is 0 Å². The van der Waals surface area contributed by atoms with Crippen molar-refractivity contribution in [2.45, 2.75) is 11.4 Å². The molecule has 1 aromatic carbocycles. The summed E-state index contributed by atoms with van der Waals surface area (Å²) in [4.78, 5) is 4.09. The lowest BCUT2D eigenvalue weighted by Crippen LogP contribution is -2.23. The summed E-state index contributed by atoms with van der Waals surface area (Å²) >= 11 is 0. The van der Waals surface area contributed by atoms with E-state index < -0.39 is 10.0 Å². The molecule has 0 fully saturated rings. The van der Waals surface area contributed by atoms with Gasteiger partial charge in [-0.3, -0.25) is 4.68 Å². The lowest BCUT2D eigenvalue weighted by Gasteiger charge is -2.04. The van der Waals surface area contributed by atoms with E-state index in [1.807, 2.05) is 0 Å². The van der Waals surface area contributed by atoms with E-state index in [1.54, 1.807) is 7.05 Å². The summed E-state index contributed by atoms with van der Waals surface area (Å²) in [5.41, 5.74) is 6.01. The molecule has 8 heteroatoms. The Hall–Kier alpha value is -1.93. The van der Waals surface area contributed by atoms with Crippen LogP contribution in [0.5, 0.6) is 0 Å². The molecule has 1 heterocycles. The van der Waals surface area contributed by atoms with Crippen LogP contribution in [0.1, 0.15) is 5.82 Å². The van der Waals surface area contributed by atoms with Crippen LogP contribution < -0.4 is 10.5 Å². The Balaban J connectivity index is 2.10. The average Bonchev–Trinajstić information content (AvgIpc) is 2.73. The number of rotatable bonds is 4. The molecule has 2 aromatic rings. The Labute approximate surface area is 105 Å². The molecular formula is C10H13N5O2S. The van der Waals surface area contributed by atoms with Gasteiger partial charge in [0.15, 0.2) is 5.82 Å². The Morgan fingerprint density at radius 1 is 1.33 bits per heavy atom. The van der Waals surface area contributed by atoms with Gasteiger partial charge in [-0.25, -0.2) is 18.1 Å². The zero-order valence-corrected chi connectivity index (χ0v) is 10.6. The summed E-state index contributed by atoms with van der Waals surface area (Å²) in [5.74, 6) is 0.413. The fraction of sp³-hybridized carbons (Fsp3) is 0.200. The van der Waals surface area contributed by atoms with Crippen molar-refractivity contribution in [3.05, 3.63) is 36.4 Å². The maximum Gasteiger partial charge on any atom is 0.240 e. The topological polar surface area (TPSA) is 103 Å². The van der Waals surface area contributed by atoms with E-state index in [-0.39, 0.29) is 11.4 Å². The number of benzene rings is 1. The Kier molecular flexibility index (Phi) is 3.30. The maximum absolute atomic E-state index is 11.9. The van der Waals surface area contributed by atoms with Crippen LogP contribution in [-0.2, 0) is 23.6 Å². The highest BCUT2D eigenvalue weighted by atomic mass is 32.2. The van der Waals surface area contributed by atoms with Crippen LogP contribution in [0.4, 0.5) is 5.69 Å². The van der Waals surface area contributed by atoms with E-state index in [0.717, 1.165) is 0 Å². The van der Waals surface area contributed by atoms with Crippen LogP contribution in [0.3, 0.4) is 0 Å². The number of hydrogen-bond donors (Lipinski definition) is 2. The molecule has 0 atom stereocenters. The van der Waals surface area contributed by atoms with Crippen molar-refractivity contribution in [2.75, 3.05) is 5.73 Å². The maximum atomic E-state index is 11.9. The first-order chi connectivity index (χ1) is 8.47. The van der Waals surface area contributed by atoms with Gasteiger partial charge >= 0.3 is 0 Å². The predicted octanol–water partition coefficient (Wildman–Crippen LogP) is -0.124. The molecule has 0 amide bonds. The molecule has 7 nitrogen and oxygen atoms in total. The second kappa shape index (κ2) is 4.75. The van der Waals surface area contributed by atoms with Gasteiger partial charge in [0, 0.05) is 12.7 Å². The second-order valence-electron chi connectivity index (χ2n) is 3.73. The number of anilines is 1. The molecule has 0 aliphatic heterocycles. The molecule has 96 valence electrons. The van der Waals surface area contributed by atoms with Crippen molar-refractivity contribution in [1.29, 1.82) is 0 Å². The summed E-state index contributed by atoms with van der Waals surface area (Å²) in [5, 5.41) is 3.98. The zero-order valence-electron chi connectivity index (χ0n) is 9.74. The van der Waals surface area contributed by atoms with Gasteiger partial charge in [-0.1, -0.05) is 0 Å². The lowest BCUT2D eigenvalue weighted by atomic mass is 10.3. The number of nitrogens with one attached hydrogen (secondary N) is 1. The molecule has 0 aliphatic carbocycles. The average molecular weight is 267 g/mol. The van der Waals surface area contributed by atoms with Gasteiger partial charge in [-0.2, -0.15) is 5.10 Å². The fourth-order valence-electron chi connectivity index (χ4n) is 1.35. The van der Waals surface area contributed by atoms with E-state index in [2.05, 4.69) is 14.8 Å². The number of sulfonamides is 1. The summed E-state index contributed by atoms with van der Waals surface area (Å²) in [6.07, 6.45) is 1.51. The van der Waals surface area contributed by atoms with Gasteiger partial charge < -0.3 is 5.73 Å². The Morgan fingerprint density at radius 2 is 2.00 bits per heavy atom. The van der Waals surface area contributed by atoms with Crippen LogP contribution in [-0.4, -0.2) is 23.2 Å². The first kappa shape index (κ1) is 12.5. The highest BCUT2D eigenvalue weighted by Crippen LogP contribution is 2.11. The zero-order chi connectivity index (χ0) is 13.2. The third-order valence-electron chi connectivity index (χ3n) is 2.26.